The van der Waals surface area contributed by atoms with Crippen molar-refractivity contribution in [3.05, 3.63) is 89.5 Å². The number of rotatable bonds is 23. The Morgan fingerprint density at radius 1 is 0.787 bits per heavy atom. The maximum Gasteiger partial charge on any atom is 0.501 e. The molecule has 6 aliphatic rings. The van der Waals surface area contributed by atoms with Gasteiger partial charge >= 0.3 is 5.51 Å². The van der Waals surface area contributed by atoms with Crippen LogP contribution in [-0.4, -0.2) is 146 Å². The fourth-order valence-corrected chi connectivity index (χ4v) is 14.8. The van der Waals surface area contributed by atoms with Crippen LogP contribution >= 0.6 is 11.8 Å². The number of thioether (sulfide) groups is 1. The molecular formula is C54H72F5N7O6S3. The summed E-state index contributed by atoms with van der Waals surface area (Å²) in [6.07, 6.45) is 6.21. The van der Waals surface area contributed by atoms with Crippen molar-refractivity contribution in [1.29, 1.82) is 0 Å². The molecule has 9 rings (SSSR count). The van der Waals surface area contributed by atoms with E-state index in [0.717, 1.165) is 114 Å². The zero-order valence-corrected chi connectivity index (χ0v) is 45.6. The molecule has 5 fully saturated rings. The van der Waals surface area contributed by atoms with Gasteiger partial charge in [-0.2, -0.15) is 13.2 Å². The van der Waals surface area contributed by atoms with Gasteiger partial charge in [0.25, 0.3) is 25.8 Å². The molecule has 2 heterocycles. The number of anilines is 2. The first kappa shape index (κ1) is 56.9. The van der Waals surface area contributed by atoms with E-state index < -0.39 is 64.6 Å². The van der Waals surface area contributed by atoms with Crippen LogP contribution in [0.5, 0.6) is 0 Å². The van der Waals surface area contributed by atoms with Crippen LogP contribution in [0.25, 0.3) is 0 Å². The van der Waals surface area contributed by atoms with E-state index in [1.54, 1.807) is 19.2 Å². The molecule has 3 aromatic carbocycles. The second-order valence-corrected chi connectivity index (χ2v) is 26.9. The average Bonchev–Trinajstić information content (AvgIpc) is 3.34. The van der Waals surface area contributed by atoms with Crippen molar-refractivity contribution >= 4 is 54.8 Å². The van der Waals surface area contributed by atoms with Crippen molar-refractivity contribution < 1.29 is 48.4 Å². The summed E-state index contributed by atoms with van der Waals surface area (Å²) in [6.45, 7) is 12.9. The van der Waals surface area contributed by atoms with Crippen LogP contribution in [-0.2, 0) is 24.7 Å². The highest BCUT2D eigenvalue weighted by molar-refractivity contribution is 7.99. The first-order valence-electron chi connectivity index (χ1n) is 26.2. The minimum Gasteiger partial charge on any atom is -0.380 e. The monoisotopic (exact) mass is 1110 g/mol. The third-order valence-electron chi connectivity index (χ3n) is 16.2. The van der Waals surface area contributed by atoms with E-state index in [2.05, 4.69) is 44.1 Å². The highest BCUT2D eigenvalue weighted by Gasteiger charge is 2.73. The Hall–Kier alpha value is -4.28. The number of hydrogen-bond acceptors (Lipinski definition) is 12. The Kier molecular flexibility index (Phi) is 17.7. The van der Waals surface area contributed by atoms with Gasteiger partial charge in [-0.05, 0) is 130 Å². The number of amides is 2. The molecule has 0 aromatic heterocycles. The summed E-state index contributed by atoms with van der Waals surface area (Å²) in [5, 5.41) is 5.67. The number of sulfonamides is 1. The molecule has 21 heteroatoms. The number of allylic oxidation sites excluding steroid dienone is 1. The van der Waals surface area contributed by atoms with E-state index in [4.69, 9.17) is 0 Å². The number of piperazine rings is 2. The minimum atomic E-state index is -6.10. The lowest BCUT2D eigenvalue weighted by Gasteiger charge is -2.72. The fraction of sp³-hybridized carbons (Fsp3) is 0.593. The van der Waals surface area contributed by atoms with E-state index in [0.29, 0.717) is 63.6 Å². The van der Waals surface area contributed by atoms with Crippen molar-refractivity contribution in [3.63, 3.8) is 0 Å². The van der Waals surface area contributed by atoms with E-state index in [1.165, 1.54) is 35.0 Å². The second-order valence-electron chi connectivity index (χ2n) is 22.2. The number of halogens is 5. The summed E-state index contributed by atoms with van der Waals surface area (Å²) >= 11 is 1.45. The molecule has 0 spiro atoms. The molecule has 1 atom stereocenters. The molecule has 0 radical (unpaired) electrons. The molecule has 0 unspecified atom stereocenters. The first-order chi connectivity index (χ1) is 35.5. The van der Waals surface area contributed by atoms with Crippen molar-refractivity contribution in [2.24, 2.45) is 16.2 Å². The Morgan fingerprint density at radius 2 is 1.43 bits per heavy atom. The molecule has 75 heavy (non-hydrogen) atoms. The van der Waals surface area contributed by atoms with Gasteiger partial charge in [-0.15, -0.1) is 11.8 Å². The normalized spacial score (nSPS) is 23.1. The molecule has 3 aromatic rings. The van der Waals surface area contributed by atoms with Gasteiger partial charge in [0.05, 0.1) is 10.6 Å². The molecule has 3 saturated carbocycles. The molecule has 4 aliphatic carbocycles. The summed E-state index contributed by atoms with van der Waals surface area (Å²) in [7, 11) is -9.36. The largest absolute Gasteiger partial charge is 0.501 e. The smallest absolute Gasteiger partial charge is 0.380 e. The summed E-state index contributed by atoms with van der Waals surface area (Å²) in [5.74, 6) is -0.665. The van der Waals surface area contributed by atoms with Crippen LogP contribution in [0, 0.1) is 16.2 Å². The van der Waals surface area contributed by atoms with Gasteiger partial charge in [-0.1, -0.05) is 49.6 Å². The number of carbonyl (C=O) groups excluding carboxylic acids is 2. The van der Waals surface area contributed by atoms with Gasteiger partial charge in [0.15, 0.2) is 0 Å². The Balaban J connectivity index is 0.888. The Morgan fingerprint density at radius 3 is 2.05 bits per heavy atom. The lowest BCUT2D eigenvalue weighted by Crippen LogP contribution is -2.66. The summed E-state index contributed by atoms with van der Waals surface area (Å²) in [5.41, 5.74) is -3.25. The molecule has 2 amide bonds. The van der Waals surface area contributed by atoms with Gasteiger partial charge < -0.3 is 25.3 Å². The number of alkyl halides is 5. The highest BCUT2D eigenvalue weighted by atomic mass is 32.2. The zero-order chi connectivity index (χ0) is 53.8. The predicted molar refractivity (Wildman–Crippen MR) is 283 cm³/mol. The van der Waals surface area contributed by atoms with Crippen molar-refractivity contribution in [1.82, 2.24) is 24.7 Å². The zero-order valence-electron chi connectivity index (χ0n) is 43.2. The predicted octanol–water partition coefficient (Wildman–Crippen LogP) is 9.05. The number of benzene rings is 3. The molecule has 13 nitrogen and oxygen atoms in total. The number of nitrogens with zero attached hydrogens (tertiary/aromatic N) is 4. The third-order valence-corrected chi connectivity index (χ3v) is 20.2. The number of hydrogen-bond donors (Lipinski definition) is 3. The number of unbranched alkanes of at least 4 members (excludes halogenated alkanes) is 2. The van der Waals surface area contributed by atoms with Gasteiger partial charge in [0, 0.05) is 112 Å². The molecular weight excluding hydrogens is 1030 g/mol. The summed E-state index contributed by atoms with van der Waals surface area (Å²) in [4.78, 5) is 33.0. The summed E-state index contributed by atoms with van der Waals surface area (Å²) in [6, 6.07) is 17.6. The number of nitrogens with one attached hydrogen (secondary N) is 3. The Labute approximate surface area is 443 Å². The fourth-order valence-electron chi connectivity index (χ4n) is 11.7. The van der Waals surface area contributed by atoms with E-state index >= 15 is 0 Å². The number of sulfone groups is 1. The van der Waals surface area contributed by atoms with Crippen LogP contribution in [0.3, 0.4) is 0 Å². The second kappa shape index (κ2) is 23.4. The molecule has 412 valence electrons. The van der Waals surface area contributed by atoms with Crippen molar-refractivity contribution in [3.8, 4) is 0 Å². The quantitative estimate of drug-likeness (QED) is 0.0360. The molecule has 3 N–H and O–H groups in total. The van der Waals surface area contributed by atoms with E-state index in [-0.39, 0.29) is 22.3 Å². The lowest BCUT2D eigenvalue weighted by molar-refractivity contribution is -0.250. The highest BCUT2D eigenvalue weighted by Crippen LogP contribution is 2.79. The van der Waals surface area contributed by atoms with E-state index in [9.17, 15) is 48.4 Å². The van der Waals surface area contributed by atoms with Gasteiger partial charge in [-0.25, -0.2) is 30.3 Å². The molecule has 2 bridgehead atoms. The standard InChI is InChI=1S/C54H72F5N7O6S3/c1-51(2)21-19-40(45(33-51)52-36-53(37-52,38-52)50(55)56)34-65-28-30-66(31-29-65)42-15-13-39(14-16-42)49(68)62-75(71,72)44-17-18-46(47(32-44)74(69,70)54(57,58)59)61-41(35-73-43-10-6-4-7-11-43)20-23-64-26-24-63(25-27-64)22-9-5-8-12-48(67)60-3/h4,6-7,10-11,13-18,32,41,50,61H,5,8-9,12,19-31,33-38H2,1-3H3,(H,60,67)(H,62,68)/t41-,52?,53?/m1/s1. The van der Waals surface area contributed by atoms with Crippen LogP contribution in [0.4, 0.5) is 33.3 Å². The van der Waals surface area contributed by atoms with Crippen LogP contribution in [0.2, 0.25) is 0 Å². The Bertz CT molecular complexity index is 2730. The third kappa shape index (κ3) is 13.5. The van der Waals surface area contributed by atoms with Crippen LogP contribution in [0.1, 0.15) is 94.8 Å². The minimum absolute atomic E-state index is 0.0287. The van der Waals surface area contributed by atoms with Gasteiger partial charge in [0.2, 0.25) is 12.3 Å². The van der Waals surface area contributed by atoms with Crippen LogP contribution in [0.15, 0.2) is 98.6 Å². The maximum atomic E-state index is 14.4. The topological polar surface area (TPSA) is 151 Å². The van der Waals surface area contributed by atoms with Crippen LogP contribution < -0.4 is 20.3 Å². The van der Waals surface area contributed by atoms with Gasteiger partial charge in [-0.3, -0.25) is 14.5 Å². The molecule has 2 saturated heterocycles. The molecule has 2 aliphatic heterocycles. The SMILES string of the molecule is CNC(=O)CCCCCN1CCN(CC[C@H](CSc2ccccc2)Nc2ccc(S(=O)(=O)NC(=O)c3ccc(N4CCN(CC5=C(C67CC(C(F)F)(C6)C7)CC(C)(C)CC5)CC4)cc3)cc2S(=O)(=O)C(F)(F)F)CC1. The lowest BCUT2D eigenvalue weighted by atomic mass is 9.32. The average molecular weight is 1110 g/mol. The summed E-state index contributed by atoms with van der Waals surface area (Å²) < 4.78 is 126. The first-order valence-corrected chi connectivity index (χ1v) is 30.1. The van der Waals surface area contributed by atoms with Crippen molar-refractivity contribution in [2.45, 2.75) is 117 Å². The number of carbonyl (C=O) groups is 2. The van der Waals surface area contributed by atoms with E-state index in [1.807, 2.05) is 35.1 Å². The maximum absolute atomic E-state index is 14.4. The van der Waals surface area contributed by atoms with Gasteiger partial charge in [0.1, 0.15) is 4.90 Å². The van der Waals surface area contributed by atoms with Crippen molar-refractivity contribution in [2.75, 3.05) is 95.0 Å².